The maximum absolute atomic E-state index is 11.6. The van der Waals surface area contributed by atoms with Crippen molar-refractivity contribution in [2.24, 2.45) is 0 Å². The van der Waals surface area contributed by atoms with E-state index in [0.717, 1.165) is 6.54 Å². The second kappa shape index (κ2) is 5.34. The number of aromatic nitrogens is 1. The molecule has 1 amide bonds. The molecule has 1 fully saturated rings. The fourth-order valence-corrected chi connectivity index (χ4v) is 2.45. The summed E-state index contributed by atoms with van der Waals surface area (Å²) in [6, 6.07) is 0. The van der Waals surface area contributed by atoms with E-state index in [1.165, 1.54) is 11.3 Å². The minimum absolute atomic E-state index is 0.0640. The minimum atomic E-state index is -0.416. The van der Waals surface area contributed by atoms with E-state index in [-0.39, 0.29) is 5.91 Å². The Balaban J connectivity index is 2.06. The third-order valence-electron chi connectivity index (χ3n) is 2.70. The van der Waals surface area contributed by atoms with Gasteiger partial charge in [-0.15, -0.1) is 11.3 Å². The lowest BCUT2D eigenvalue weighted by Gasteiger charge is -2.31. The van der Waals surface area contributed by atoms with Crippen molar-refractivity contribution in [3.63, 3.8) is 0 Å². The normalized spacial score (nSPS) is 16.0. The van der Waals surface area contributed by atoms with Crippen molar-refractivity contribution >= 4 is 28.3 Å². The van der Waals surface area contributed by atoms with Crippen LogP contribution in [0.15, 0.2) is 5.38 Å². The van der Waals surface area contributed by atoms with E-state index in [1.807, 2.05) is 4.90 Å². The highest BCUT2D eigenvalue weighted by molar-refractivity contribution is 7.13. The average molecular weight is 269 g/mol. The van der Waals surface area contributed by atoms with Gasteiger partial charge in [0.05, 0.1) is 13.2 Å². The zero-order valence-electron chi connectivity index (χ0n) is 10.4. The number of esters is 1. The summed E-state index contributed by atoms with van der Waals surface area (Å²) in [5.41, 5.74) is 0.309. The van der Waals surface area contributed by atoms with Gasteiger partial charge in [-0.05, 0) is 6.92 Å². The molecular formula is C11H15N3O3S. The number of hydrogen-bond acceptors (Lipinski definition) is 6. The molecule has 1 aliphatic heterocycles. The highest BCUT2D eigenvalue weighted by Crippen LogP contribution is 2.22. The first kappa shape index (κ1) is 12.8. The van der Waals surface area contributed by atoms with E-state index in [9.17, 15) is 9.59 Å². The first-order valence-electron chi connectivity index (χ1n) is 5.73. The quantitative estimate of drug-likeness (QED) is 0.752. The Labute approximate surface area is 109 Å². The van der Waals surface area contributed by atoms with Crippen molar-refractivity contribution < 1.29 is 14.3 Å². The number of rotatable bonds is 3. The predicted octanol–water partition coefficient (Wildman–Crippen LogP) is 0.598. The van der Waals surface area contributed by atoms with Gasteiger partial charge in [0, 0.05) is 25.5 Å². The second-order valence-corrected chi connectivity index (χ2v) is 4.81. The van der Waals surface area contributed by atoms with Crippen molar-refractivity contribution in [2.45, 2.75) is 6.92 Å². The Morgan fingerprint density at radius 1 is 1.56 bits per heavy atom. The lowest BCUT2D eigenvalue weighted by Crippen LogP contribution is -2.48. The van der Waals surface area contributed by atoms with Gasteiger partial charge in [0.1, 0.15) is 0 Å². The van der Waals surface area contributed by atoms with E-state index >= 15 is 0 Å². The van der Waals surface area contributed by atoms with Crippen LogP contribution in [0.25, 0.3) is 0 Å². The topological polar surface area (TPSA) is 62.7 Å². The summed E-state index contributed by atoms with van der Waals surface area (Å²) in [6.45, 7) is 3.81. The van der Waals surface area contributed by atoms with Crippen LogP contribution in [0, 0.1) is 0 Å². The first-order valence-corrected chi connectivity index (χ1v) is 6.61. The van der Waals surface area contributed by atoms with E-state index in [4.69, 9.17) is 4.74 Å². The second-order valence-electron chi connectivity index (χ2n) is 3.97. The number of nitrogens with zero attached hydrogens (tertiary/aromatic N) is 3. The van der Waals surface area contributed by atoms with E-state index in [1.54, 1.807) is 24.3 Å². The van der Waals surface area contributed by atoms with Gasteiger partial charge in [0.25, 0.3) is 0 Å². The molecule has 0 saturated carbocycles. The zero-order chi connectivity index (χ0) is 13.1. The van der Waals surface area contributed by atoms with Crippen LogP contribution < -0.4 is 4.90 Å². The van der Waals surface area contributed by atoms with Crippen molar-refractivity contribution in [1.29, 1.82) is 0 Å². The van der Waals surface area contributed by atoms with Gasteiger partial charge in [-0.3, -0.25) is 4.79 Å². The van der Waals surface area contributed by atoms with Gasteiger partial charge in [-0.25, -0.2) is 9.78 Å². The smallest absolute Gasteiger partial charge is 0.357 e. The number of carbonyl (C=O) groups is 2. The summed E-state index contributed by atoms with van der Waals surface area (Å²) < 4.78 is 4.88. The highest BCUT2D eigenvalue weighted by atomic mass is 32.1. The molecule has 2 heterocycles. The lowest BCUT2D eigenvalue weighted by atomic mass is 10.3. The Hall–Kier alpha value is -1.63. The summed E-state index contributed by atoms with van der Waals surface area (Å²) in [4.78, 5) is 30.9. The summed E-state index contributed by atoms with van der Waals surface area (Å²) in [5.74, 6) is -0.352. The van der Waals surface area contributed by atoms with Gasteiger partial charge < -0.3 is 14.5 Å². The van der Waals surface area contributed by atoms with E-state index in [2.05, 4.69) is 4.98 Å². The molecule has 0 radical (unpaired) electrons. The standard InChI is InChI=1S/C11H15N3O3S/c1-3-17-10(16)8-7-18-11(12-8)14-5-4-13(2)9(15)6-14/h7H,3-6H2,1-2H3. The molecule has 98 valence electrons. The fraction of sp³-hybridized carbons (Fsp3) is 0.545. The maximum Gasteiger partial charge on any atom is 0.357 e. The summed E-state index contributed by atoms with van der Waals surface area (Å²) in [7, 11) is 1.78. The lowest BCUT2D eigenvalue weighted by molar-refractivity contribution is -0.129. The predicted molar refractivity (Wildman–Crippen MR) is 67.9 cm³/mol. The first-order chi connectivity index (χ1) is 8.61. The van der Waals surface area contributed by atoms with Gasteiger partial charge in [0.2, 0.25) is 5.91 Å². The van der Waals surface area contributed by atoms with Crippen LogP contribution in [0.1, 0.15) is 17.4 Å². The third kappa shape index (κ3) is 2.61. The van der Waals surface area contributed by atoms with Gasteiger partial charge >= 0.3 is 5.97 Å². The highest BCUT2D eigenvalue weighted by Gasteiger charge is 2.24. The number of ether oxygens (including phenoxy) is 1. The van der Waals surface area contributed by atoms with Gasteiger partial charge in [0.15, 0.2) is 10.8 Å². The van der Waals surface area contributed by atoms with E-state index < -0.39 is 5.97 Å². The van der Waals surface area contributed by atoms with Crippen LogP contribution in [0.4, 0.5) is 5.13 Å². The molecule has 1 saturated heterocycles. The number of likely N-dealkylation sites (N-methyl/N-ethyl adjacent to an activating group) is 1. The zero-order valence-corrected chi connectivity index (χ0v) is 11.2. The Morgan fingerprint density at radius 3 is 3.00 bits per heavy atom. The van der Waals surface area contributed by atoms with Crippen molar-refractivity contribution in [3.05, 3.63) is 11.1 Å². The Morgan fingerprint density at radius 2 is 2.33 bits per heavy atom. The Bertz CT molecular complexity index is 460. The number of thiazole rings is 1. The maximum atomic E-state index is 11.6. The largest absolute Gasteiger partial charge is 0.461 e. The van der Waals surface area contributed by atoms with Crippen LogP contribution >= 0.6 is 11.3 Å². The fourth-order valence-electron chi connectivity index (χ4n) is 1.63. The molecule has 0 spiro atoms. The monoisotopic (exact) mass is 269 g/mol. The van der Waals surface area contributed by atoms with Crippen LogP contribution in [-0.4, -0.2) is 55.0 Å². The van der Waals surface area contributed by atoms with E-state index in [0.29, 0.717) is 30.5 Å². The van der Waals surface area contributed by atoms with Crippen LogP contribution in [0.3, 0.4) is 0 Å². The minimum Gasteiger partial charge on any atom is -0.461 e. The molecule has 7 heteroatoms. The summed E-state index contributed by atoms with van der Waals surface area (Å²) in [5, 5.41) is 2.36. The SMILES string of the molecule is CCOC(=O)c1csc(N2CCN(C)C(=O)C2)n1. The number of amides is 1. The molecule has 18 heavy (non-hydrogen) atoms. The van der Waals surface area contributed by atoms with Gasteiger partial charge in [-0.1, -0.05) is 0 Å². The average Bonchev–Trinajstić information content (AvgIpc) is 2.82. The molecular weight excluding hydrogens is 254 g/mol. The molecule has 0 atom stereocenters. The summed E-state index contributed by atoms with van der Waals surface area (Å²) in [6.07, 6.45) is 0. The molecule has 1 aromatic rings. The molecule has 0 aromatic carbocycles. The molecule has 0 unspecified atom stereocenters. The van der Waals surface area contributed by atoms with Crippen molar-refractivity contribution in [3.8, 4) is 0 Å². The third-order valence-corrected chi connectivity index (χ3v) is 3.61. The molecule has 1 aromatic heterocycles. The van der Waals surface area contributed by atoms with Crippen LogP contribution in [0.2, 0.25) is 0 Å². The Kier molecular flexibility index (Phi) is 3.81. The number of hydrogen-bond donors (Lipinski definition) is 0. The summed E-state index contributed by atoms with van der Waals surface area (Å²) >= 11 is 1.36. The molecule has 1 aliphatic rings. The molecule has 0 aliphatic carbocycles. The van der Waals surface area contributed by atoms with Crippen LogP contribution in [-0.2, 0) is 9.53 Å². The molecule has 0 bridgehead atoms. The number of piperazine rings is 1. The number of anilines is 1. The van der Waals surface area contributed by atoms with Crippen LogP contribution in [0.5, 0.6) is 0 Å². The molecule has 0 N–H and O–H groups in total. The molecule has 6 nitrogen and oxygen atoms in total. The van der Waals surface area contributed by atoms with Crippen molar-refractivity contribution in [2.75, 3.05) is 38.2 Å². The van der Waals surface area contributed by atoms with Crippen molar-refractivity contribution in [1.82, 2.24) is 9.88 Å². The molecule has 2 rings (SSSR count). The van der Waals surface area contributed by atoms with Gasteiger partial charge in [-0.2, -0.15) is 0 Å². The number of carbonyl (C=O) groups excluding carboxylic acids is 2.